The fraction of sp³-hybridized carbons (Fsp3) is 0.133. The van der Waals surface area contributed by atoms with Crippen molar-refractivity contribution in [1.29, 1.82) is 0 Å². The number of nitrogens with one attached hydrogen (secondary N) is 1. The Bertz CT molecular complexity index is 1550. The van der Waals surface area contributed by atoms with Gasteiger partial charge in [-0.3, -0.25) is 14.4 Å². The van der Waals surface area contributed by atoms with Crippen LogP contribution in [-0.2, 0) is 14.3 Å². The Morgan fingerprint density at radius 1 is 0.833 bits per heavy atom. The lowest BCUT2D eigenvalue weighted by atomic mass is 9.84. The number of benzene rings is 4. The number of carbonyl (C=O) groups is 4. The Kier molecular flexibility index (Phi) is 5.94. The minimum Gasteiger partial charge on any atom is -0.453 e. The van der Waals surface area contributed by atoms with Gasteiger partial charge in [-0.05, 0) is 53.9 Å². The normalized spacial score (nSPS) is 15.2. The SMILES string of the molecule is Cc1cccc(NC(=O)C(=O)C(C(=O)c2ccc3ccccc3c2)C2OC(=O)c3ccccc32)c1C. The molecule has 6 heteroatoms. The van der Waals surface area contributed by atoms with E-state index in [1.165, 1.54) is 0 Å². The van der Waals surface area contributed by atoms with E-state index in [2.05, 4.69) is 5.32 Å². The highest BCUT2D eigenvalue weighted by atomic mass is 16.5. The quantitative estimate of drug-likeness (QED) is 0.174. The lowest BCUT2D eigenvalue weighted by Crippen LogP contribution is -2.38. The highest BCUT2D eigenvalue weighted by Gasteiger charge is 2.46. The third-order valence-corrected chi connectivity index (χ3v) is 6.70. The lowest BCUT2D eigenvalue weighted by molar-refractivity contribution is -0.138. The van der Waals surface area contributed by atoms with Gasteiger partial charge in [0.05, 0.1) is 5.56 Å². The molecule has 6 nitrogen and oxygen atoms in total. The monoisotopic (exact) mass is 477 g/mol. The third kappa shape index (κ3) is 4.07. The van der Waals surface area contributed by atoms with Gasteiger partial charge in [0.15, 0.2) is 5.78 Å². The minimum atomic E-state index is -1.54. The molecule has 1 amide bonds. The molecule has 2 atom stereocenters. The molecule has 36 heavy (non-hydrogen) atoms. The van der Waals surface area contributed by atoms with E-state index in [1.807, 2.05) is 44.2 Å². The van der Waals surface area contributed by atoms with Crippen molar-refractivity contribution in [3.05, 3.63) is 113 Å². The zero-order valence-electron chi connectivity index (χ0n) is 19.8. The number of carbonyl (C=O) groups excluding carboxylic acids is 4. The van der Waals surface area contributed by atoms with Gasteiger partial charge >= 0.3 is 5.97 Å². The molecular weight excluding hydrogens is 454 g/mol. The molecule has 4 aromatic rings. The molecule has 2 unspecified atom stereocenters. The largest absolute Gasteiger partial charge is 0.453 e. The predicted octanol–water partition coefficient (Wildman–Crippen LogP) is 5.38. The first-order valence-electron chi connectivity index (χ1n) is 11.6. The van der Waals surface area contributed by atoms with Crippen LogP contribution in [-0.4, -0.2) is 23.4 Å². The Labute approximate surface area is 207 Å². The van der Waals surface area contributed by atoms with E-state index >= 15 is 0 Å². The number of Topliss-reactive ketones (excluding diaryl/α,β-unsaturated/α-hetero) is 2. The fourth-order valence-corrected chi connectivity index (χ4v) is 4.55. The molecule has 0 aliphatic carbocycles. The van der Waals surface area contributed by atoms with E-state index in [9.17, 15) is 19.2 Å². The van der Waals surface area contributed by atoms with Crippen molar-refractivity contribution in [2.45, 2.75) is 20.0 Å². The maximum Gasteiger partial charge on any atom is 0.339 e. The van der Waals surface area contributed by atoms with Crippen LogP contribution in [0.2, 0.25) is 0 Å². The number of esters is 1. The maximum atomic E-state index is 13.8. The standard InChI is InChI=1S/C30H23NO5/c1-17-8-7-13-24(18(17)2)31-29(34)27(33)25(28-22-11-5-6-12-23(22)30(35)36-28)26(32)21-15-14-19-9-3-4-10-20(19)16-21/h3-16,25,28H,1-2H3,(H,31,34). The average Bonchev–Trinajstić information content (AvgIpc) is 3.22. The Morgan fingerprint density at radius 2 is 1.56 bits per heavy atom. The summed E-state index contributed by atoms with van der Waals surface area (Å²) in [6.07, 6.45) is -1.20. The van der Waals surface area contributed by atoms with Crippen LogP contribution >= 0.6 is 0 Å². The molecule has 0 fully saturated rings. The zero-order valence-corrected chi connectivity index (χ0v) is 19.8. The van der Waals surface area contributed by atoms with Crippen molar-refractivity contribution in [1.82, 2.24) is 0 Å². The van der Waals surface area contributed by atoms with Crippen molar-refractivity contribution in [2.75, 3.05) is 5.32 Å². The Morgan fingerprint density at radius 3 is 2.36 bits per heavy atom. The summed E-state index contributed by atoms with van der Waals surface area (Å²) < 4.78 is 5.53. The topological polar surface area (TPSA) is 89.5 Å². The van der Waals surface area contributed by atoms with Gasteiger partial charge in [0.25, 0.3) is 5.91 Å². The molecule has 0 spiro atoms. The van der Waals surface area contributed by atoms with E-state index in [0.29, 0.717) is 11.3 Å². The number of ketones is 2. The number of anilines is 1. The molecular formula is C30H23NO5. The summed E-state index contributed by atoms with van der Waals surface area (Å²) in [5, 5.41) is 4.40. The van der Waals surface area contributed by atoms with E-state index in [1.54, 1.807) is 54.6 Å². The average molecular weight is 478 g/mol. The van der Waals surface area contributed by atoms with Crippen molar-refractivity contribution in [3.63, 3.8) is 0 Å². The molecule has 5 rings (SSSR count). The van der Waals surface area contributed by atoms with Crippen LogP contribution in [0.15, 0.2) is 84.9 Å². The van der Waals surface area contributed by atoms with Crippen molar-refractivity contribution >= 4 is 39.9 Å². The number of cyclic esters (lactones) is 1. The smallest absolute Gasteiger partial charge is 0.339 e. The Balaban J connectivity index is 1.55. The highest BCUT2D eigenvalue weighted by Crippen LogP contribution is 2.38. The molecule has 1 N–H and O–H groups in total. The van der Waals surface area contributed by atoms with Gasteiger partial charge in [-0.2, -0.15) is 0 Å². The molecule has 1 heterocycles. The molecule has 0 aromatic heterocycles. The number of hydrogen-bond donors (Lipinski definition) is 1. The summed E-state index contributed by atoms with van der Waals surface area (Å²) in [4.78, 5) is 53.1. The fourth-order valence-electron chi connectivity index (χ4n) is 4.55. The van der Waals surface area contributed by atoms with Crippen LogP contribution in [0.1, 0.15) is 43.5 Å². The zero-order chi connectivity index (χ0) is 25.4. The first-order chi connectivity index (χ1) is 17.3. The molecule has 0 saturated heterocycles. The number of ether oxygens (including phenoxy) is 1. The number of amides is 1. The molecule has 178 valence electrons. The third-order valence-electron chi connectivity index (χ3n) is 6.70. The molecule has 1 aliphatic rings. The second kappa shape index (κ2) is 9.23. The van der Waals surface area contributed by atoms with Gasteiger partial charge in [-0.25, -0.2) is 4.79 Å². The van der Waals surface area contributed by atoms with E-state index in [4.69, 9.17) is 4.74 Å². The summed E-state index contributed by atoms with van der Waals surface area (Å²) in [6, 6.07) is 24.6. The van der Waals surface area contributed by atoms with Crippen LogP contribution in [0.3, 0.4) is 0 Å². The molecule has 4 aromatic carbocycles. The molecule has 0 bridgehead atoms. The number of aryl methyl sites for hydroxylation is 1. The van der Waals surface area contributed by atoms with Gasteiger partial charge < -0.3 is 10.1 Å². The van der Waals surface area contributed by atoms with Crippen LogP contribution in [0.5, 0.6) is 0 Å². The van der Waals surface area contributed by atoms with Gasteiger partial charge in [0, 0.05) is 16.8 Å². The molecule has 0 saturated carbocycles. The van der Waals surface area contributed by atoms with E-state index in [0.717, 1.165) is 21.9 Å². The predicted molar refractivity (Wildman–Crippen MR) is 136 cm³/mol. The summed E-state index contributed by atoms with van der Waals surface area (Å²) in [6.45, 7) is 3.73. The van der Waals surface area contributed by atoms with Crippen LogP contribution in [0.25, 0.3) is 10.8 Å². The van der Waals surface area contributed by atoms with Gasteiger partial charge in [0.1, 0.15) is 12.0 Å². The Hall–Kier alpha value is -4.58. The molecule has 0 radical (unpaired) electrons. The summed E-state index contributed by atoms with van der Waals surface area (Å²) in [5.74, 6) is -4.67. The van der Waals surface area contributed by atoms with Crippen molar-refractivity contribution in [2.24, 2.45) is 5.92 Å². The number of rotatable bonds is 6. The maximum absolute atomic E-state index is 13.8. The van der Waals surface area contributed by atoms with Crippen LogP contribution < -0.4 is 5.32 Å². The first-order valence-corrected chi connectivity index (χ1v) is 11.6. The second-order valence-electron chi connectivity index (χ2n) is 8.88. The molecule has 1 aliphatic heterocycles. The second-order valence-corrected chi connectivity index (χ2v) is 8.88. The van der Waals surface area contributed by atoms with E-state index < -0.39 is 35.5 Å². The first kappa shape index (κ1) is 23.2. The van der Waals surface area contributed by atoms with Crippen LogP contribution in [0.4, 0.5) is 5.69 Å². The van der Waals surface area contributed by atoms with Gasteiger partial charge in [0.2, 0.25) is 5.78 Å². The summed E-state index contributed by atoms with van der Waals surface area (Å²) in [5.41, 5.74) is 3.19. The van der Waals surface area contributed by atoms with Crippen molar-refractivity contribution in [3.8, 4) is 0 Å². The number of fused-ring (bicyclic) bond motifs is 2. The van der Waals surface area contributed by atoms with Gasteiger partial charge in [-0.15, -0.1) is 0 Å². The van der Waals surface area contributed by atoms with E-state index in [-0.39, 0.29) is 11.1 Å². The number of hydrogen-bond acceptors (Lipinski definition) is 5. The summed E-state index contributed by atoms with van der Waals surface area (Å²) >= 11 is 0. The van der Waals surface area contributed by atoms with Gasteiger partial charge in [-0.1, -0.05) is 66.7 Å². The van der Waals surface area contributed by atoms with Crippen LogP contribution in [0, 0.1) is 19.8 Å². The highest BCUT2D eigenvalue weighted by molar-refractivity contribution is 6.45. The van der Waals surface area contributed by atoms with Crippen molar-refractivity contribution < 1.29 is 23.9 Å². The minimum absolute atomic E-state index is 0.256. The lowest BCUT2D eigenvalue weighted by Gasteiger charge is -2.21. The summed E-state index contributed by atoms with van der Waals surface area (Å²) in [7, 11) is 0.